The molecule has 0 atom stereocenters. The van der Waals surface area contributed by atoms with Gasteiger partial charge in [0.25, 0.3) is 0 Å². The molecule has 0 aliphatic heterocycles. The van der Waals surface area contributed by atoms with E-state index in [2.05, 4.69) is 42.4 Å². The van der Waals surface area contributed by atoms with E-state index in [1.807, 2.05) is 18.3 Å². The van der Waals surface area contributed by atoms with Crippen molar-refractivity contribution in [1.82, 2.24) is 15.0 Å². The van der Waals surface area contributed by atoms with Crippen LogP contribution in [0.25, 0.3) is 27.0 Å². The molecule has 19 heavy (non-hydrogen) atoms. The highest BCUT2D eigenvalue weighted by Crippen LogP contribution is 2.32. The summed E-state index contributed by atoms with van der Waals surface area (Å²) >= 11 is 8.04. The van der Waals surface area contributed by atoms with Crippen LogP contribution in [0.5, 0.6) is 0 Å². The fourth-order valence-corrected chi connectivity index (χ4v) is 2.60. The number of benzene rings is 1. The molecule has 6 heteroatoms. The van der Waals surface area contributed by atoms with Crippen molar-refractivity contribution in [3.8, 4) is 11.3 Å². The second-order valence-corrected chi connectivity index (χ2v) is 5.38. The van der Waals surface area contributed by atoms with Crippen molar-refractivity contribution in [1.29, 1.82) is 0 Å². The Hall–Kier alpha value is -1.65. The van der Waals surface area contributed by atoms with Gasteiger partial charge in [0.2, 0.25) is 5.28 Å². The first-order valence-electron chi connectivity index (χ1n) is 5.36. The van der Waals surface area contributed by atoms with Crippen molar-refractivity contribution in [3.05, 3.63) is 50.9 Å². The lowest BCUT2D eigenvalue weighted by Crippen LogP contribution is -1.90. The SMILES string of the molecule is [C-]#[N+]c1ccc2c(-c3nc(Cl)ncc3I)c[nH]c2c1. The molecular weight excluding hydrogens is 375 g/mol. The summed E-state index contributed by atoms with van der Waals surface area (Å²) in [5, 5.41) is 1.24. The molecule has 1 aromatic carbocycles. The molecule has 1 N–H and O–H groups in total. The summed E-state index contributed by atoms with van der Waals surface area (Å²) < 4.78 is 0.928. The fourth-order valence-electron chi connectivity index (χ4n) is 1.91. The number of nitrogens with zero attached hydrogens (tertiary/aromatic N) is 3. The van der Waals surface area contributed by atoms with Crippen molar-refractivity contribution in [3.63, 3.8) is 0 Å². The fraction of sp³-hybridized carbons (Fsp3) is 0. The summed E-state index contributed by atoms with van der Waals surface area (Å²) in [5.74, 6) is 0. The molecule has 0 radical (unpaired) electrons. The molecule has 92 valence electrons. The minimum atomic E-state index is 0.225. The van der Waals surface area contributed by atoms with Crippen molar-refractivity contribution in [2.45, 2.75) is 0 Å². The number of aromatic amines is 1. The summed E-state index contributed by atoms with van der Waals surface area (Å²) in [7, 11) is 0. The highest BCUT2D eigenvalue weighted by molar-refractivity contribution is 14.1. The molecule has 0 aliphatic carbocycles. The van der Waals surface area contributed by atoms with Gasteiger partial charge in [0.1, 0.15) is 0 Å². The van der Waals surface area contributed by atoms with Crippen molar-refractivity contribution >= 4 is 50.8 Å². The van der Waals surface area contributed by atoms with Gasteiger partial charge < -0.3 is 4.98 Å². The number of fused-ring (bicyclic) bond motifs is 1. The van der Waals surface area contributed by atoms with Crippen LogP contribution in [-0.2, 0) is 0 Å². The largest absolute Gasteiger partial charge is 0.362 e. The lowest BCUT2D eigenvalue weighted by atomic mass is 10.1. The average molecular weight is 381 g/mol. The normalized spacial score (nSPS) is 10.6. The maximum Gasteiger partial charge on any atom is 0.222 e. The molecule has 2 aromatic heterocycles. The smallest absolute Gasteiger partial charge is 0.222 e. The van der Waals surface area contributed by atoms with Gasteiger partial charge in [0, 0.05) is 28.9 Å². The van der Waals surface area contributed by atoms with Gasteiger partial charge in [0.05, 0.1) is 15.8 Å². The maximum atomic E-state index is 7.02. The maximum absolute atomic E-state index is 7.02. The highest BCUT2D eigenvalue weighted by Gasteiger charge is 2.12. The Balaban J connectivity index is 2.26. The molecule has 4 nitrogen and oxygen atoms in total. The van der Waals surface area contributed by atoms with E-state index in [0.29, 0.717) is 5.69 Å². The first kappa shape index (κ1) is 12.4. The van der Waals surface area contributed by atoms with Crippen LogP contribution in [0.15, 0.2) is 30.6 Å². The monoisotopic (exact) mass is 380 g/mol. The number of aromatic nitrogens is 3. The number of hydrogen-bond acceptors (Lipinski definition) is 2. The lowest BCUT2D eigenvalue weighted by Gasteiger charge is -2.02. The van der Waals surface area contributed by atoms with Crippen LogP contribution >= 0.6 is 34.2 Å². The Morgan fingerprint density at radius 2 is 2.21 bits per heavy atom. The average Bonchev–Trinajstić information content (AvgIpc) is 2.84. The van der Waals surface area contributed by atoms with E-state index < -0.39 is 0 Å². The van der Waals surface area contributed by atoms with E-state index in [1.54, 1.807) is 12.3 Å². The van der Waals surface area contributed by atoms with E-state index in [-0.39, 0.29) is 5.28 Å². The molecule has 3 aromatic rings. The third kappa shape index (κ3) is 2.17. The van der Waals surface area contributed by atoms with Gasteiger partial charge in [0.15, 0.2) is 5.69 Å². The molecule has 3 rings (SSSR count). The number of halogens is 2. The standard InChI is InChI=1S/C13H6ClIN4/c1-16-7-2-3-8-9(5-17-11(8)4-7)12-10(15)6-18-13(14)19-12/h2-6,17H. The van der Waals surface area contributed by atoms with Crippen LogP contribution in [-0.4, -0.2) is 15.0 Å². The highest BCUT2D eigenvalue weighted by atomic mass is 127. The van der Waals surface area contributed by atoms with E-state index >= 15 is 0 Å². The zero-order valence-corrected chi connectivity index (χ0v) is 12.4. The van der Waals surface area contributed by atoms with Gasteiger partial charge in [-0.1, -0.05) is 12.1 Å². The van der Waals surface area contributed by atoms with Gasteiger partial charge >= 0.3 is 0 Å². The number of H-pyrrole nitrogens is 1. The third-order valence-electron chi connectivity index (χ3n) is 2.76. The first-order chi connectivity index (χ1) is 9.19. The molecule has 0 fully saturated rings. The van der Waals surface area contributed by atoms with E-state index in [4.69, 9.17) is 18.2 Å². The lowest BCUT2D eigenvalue weighted by molar-refractivity contribution is 1.16. The van der Waals surface area contributed by atoms with Gasteiger partial charge in [-0.2, -0.15) is 0 Å². The molecule has 0 spiro atoms. The Morgan fingerprint density at radius 1 is 1.37 bits per heavy atom. The first-order valence-corrected chi connectivity index (χ1v) is 6.81. The molecule has 0 saturated carbocycles. The van der Waals surface area contributed by atoms with Crippen molar-refractivity contribution in [2.24, 2.45) is 0 Å². The number of nitrogens with one attached hydrogen (secondary N) is 1. The quantitative estimate of drug-likeness (QED) is 0.385. The van der Waals surface area contributed by atoms with E-state index in [0.717, 1.165) is 25.7 Å². The van der Waals surface area contributed by atoms with Crippen LogP contribution in [0, 0.1) is 10.1 Å². The predicted molar refractivity (Wildman–Crippen MR) is 83.3 cm³/mol. The minimum absolute atomic E-state index is 0.225. The summed E-state index contributed by atoms with van der Waals surface area (Å²) in [6.45, 7) is 7.02. The van der Waals surface area contributed by atoms with Crippen LogP contribution in [0.1, 0.15) is 0 Å². The van der Waals surface area contributed by atoms with E-state index in [9.17, 15) is 0 Å². The van der Waals surface area contributed by atoms with Gasteiger partial charge in [-0.25, -0.2) is 14.8 Å². The minimum Gasteiger partial charge on any atom is -0.362 e. The number of rotatable bonds is 1. The molecule has 0 saturated heterocycles. The zero-order valence-electron chi connectivity index (χ0n) is 9.48. The molecule has 0 aliphatic rings. The number of hydrogen-bond donors (Lipinski definition) is 1. The predicted octanol–water partition coefficient (Wildman–Crippen LogP) is 4.43. The molecule has 0 bridgehead atoms. The summed E-state index contributed by atoms with van der Waals surface area (Å²) in [6.07, 6.45) is 3.57. The second kappa shape index (κ2) is 4.79. The van der Waals surface area contributed by atoms with Gasteiger partial charge in [-0.3, -0.25) is 0 Å². The summed E-state index contributed by atoms with van der Waals surface area (Å²) in [5.41, 5.74) is 3.27. The summed E-state index contributed by atoms with van der Waals surface area (Å²) in [6, 6.07) is 5.53. The Morgan fingerprint density at radius 3 is 3.00 bits per heavy atom. The van der Waals surface area contributed by atoms with Crippen LogP contribution < -0.4 is 0 Å². The molecule has 2 heterocycles. The van der Waals surface area contributed by atoms with Crippen LogP contribution in [0.4, 0.5) is 5.69 Å². The molecule has 0 amide bonds. The Kier molecular flexibility index (Phi) is 3.12. The third-order valence-corrected chi connectivity index (χ3v) is 3.74. The van der Waals surface area contributed by atoms with Crippen LogP contribution in [0.2, 0.25) is 5.28 Å². The molecule has 0 unspecified atom stereocenters. The Labute approximate surface area is 127 Å². The molecular formula is C13H6ClIN4. The zero-order chi connectivity index (χ0) is 13.4. The van der Waals surface area contributed by atoms with Crippen molar-refractivity contribution in [2.75, 3.05) is 0 Å². The topological polar surface area (TPSA) is 45.9 Å². The van der Waals surface area contributed by atoms with Gasteiger partial charge in [-0.05, 0) is 40.3 Å². The second-order valence-electron chi connectivity index (χ2n) is 3.88. The van der Waals surface area contributed by atoms with Gasteiger partial charge in [-0.15, -0.1) is 0 Å². The van der Waals surface area contributed by atoms with Crippen molar-refractivity contribution < 1.29 is 0 Å². The van der Waals surface area contributed by atoms with Crippen LogP contribution in [0.3, 0.4) is 0 Å². The Bertz CT molecular complexity index is 819. The van der Waals surface area contributed by atoms with E-state index in [1.165, 1.54) is 0 Å². The summed E-state index contributed by atoms with van der Waals surface area (Å²) in [4.78, 5) is 14.8.